The number of benzene rings is 2. The van der Waals surface area contributed by atoms with Gasteiger partial charge in [-0.05, 0) is 54.2 Å². The Kier molecular flexibility index (Phi) is 3.64. The van der Waals surface area contributed by atoms with E-state index >= 15 is 0 Å². The number of aryl methyl sites for hydroxylation is 2. The molecule has 1 aliphatic rings. The quantitative estimate of drug-likeness (QED) is 0.904. The van der Waals surface area contributed by atoms with E-state index in [1.54, 1.807) is 11.1 Å². The highest BCUT2D eigenvalue weighted by Crippen LogP contribution is 2.25. The van der Waals surface area contributed by atoms with Gasteiger partial charge in [0.05, 0.1) is 0 Å². The lowest BCUT2D eigenvalue weighted by molar-refractivity contribution is 0.907. The Balaban J connectivity index is 1.76. The minimum atomic E-state index is 0.959. The van der Waals surface area contributed by atoms with E-state index in [0.29, 0.717) is 0 Å². The predicted molar refractivity (Wildman–Crippen MR) is 86.6 cm³/mol. The molecule has 1 N–H and O–H groups in total. The highest BCUT2D eigenvalue weighted by molar-refractivity contribution is 5.57. The molecule has 0 heterocycles. The zero-order chi connectivity index (χ0) is 13.9. The van der Waals surface area contributed by atoms with Crippen LogP contribution < -0.4 is 10.2 Å². The maximum absolute atomic E-state index is 3.19. The molecule has 2 nitrogen and oxygen atoms in total. The number of hydrogen-bond acceptors (Lipinski definition) is 2. The van der Waals surface area contributed by atoms with Crippen molar-refractivity contribution in [3.05, 3.63) is 59.2 Å². The van der Waals surface area contributed by atoms with Gasteiger partial charge < -0.3 is 10.2 Å². The van der Waals surface area contributed by atoms with Gasteiger partial charge in [-0.3, -0.25) is 0 Å². The lowest BCUT2D eigenvalue weighted by atomic mass is 10.1. The molecule has 0 saturated heterocycles. The summed E-state index contributed by atoms with van der Waals surface area (Å²) in [6, 6.07) is 15.5. The lowest BCUT2D eigenvalue weighted by Crippen LogP contribution is -2.16. The summed E-state index contributed by atoms with van der Waals surface area (Å²) in [5, 5.41) is 3.19. The van der Waals surface area contributed by atoms with Crippen LogP contribution in [0.1, 0.15) is 23.1 Å². The molecule has 0 aromatic heterocycles. The van der Waals surface area contributed by atoms with Crippen LogP contribution in [-0.2, 0) is 19.4 Å². The highest BCUT2D eigenvalue weighted by Gasteiger charge is 2.11. The summed E-state index contributed by atoms with van der Waals surface area (Å²) in [4.78, 5) is 2.30. The molecule has 0 spiro atoms. The average Bonchev–Trinajstić information content (AvgIpc) is 2.95. The maximum Gasteiger partial charge on any atom is 0.0426 e. The molecule has 0 unspecified atom stereocenters. The van der Waals surface area contributed by atoms with E-state index in [2.05, 4.69) is 59.7 Å². The molecule has 0 amide bonds. The molecule has 1 aliphatic carbocycles. The van der Waals surface area contributed by atoms with Gasteiger partial charge in [0.2, 0.25) is 0 Å². The third-order valence-electron chi connectivity index (χ3n) is 4.16. The Labute approximate surface area is 121 Å². The summed E-state index contributed by atoms with van der Waals surface area (Å²) in [5.41, 5.74) is 6.91. The maximum atomic E-state index is 3.19. The van der Waals surface area contributed by atoms with E-state index in [4.69, 9.17) is 0 Å². The Morgan fingerprint density at radius 3 is 2.75 bits per heavy atom. The Hall–Kier alpha value is -1.96. The molecule has 0 bridgehead atoms. The number of nitrogens with zero attached hydrogens (tertiary/aromatic N) is 1. The number of hydrogen-bond donors (Lipinski definition) is 1. The fraction of sp³-hybridized carbons (Fsp3) is 0.333. The third kappa shape index (κ3) is 2.64. The van der Waals surface area contributed by atoms with Crippen LogP contribution in [0.5, 0.6) is 0 Å². The highest BCUT2D eigenvalue weighted by atomic mass is 15.1. The van der Waals surface area contributed by atoms with Crippen molar-refractivity contribution in [2.45, 2.75) is 25.8 Å². The fourth-order valence-corrected chi connectivity index (χ4v) is 2.99. The van der Waals surface area contributed by atoms with E-state index in [-0.39, 0.29) is 0 Å². The summed E-state index contributed by atoms with van der Waals surface area (Å²) in [6.07, 6.45) is 3.83. The van der Waals surface area contributed by atoms with Crippen molar-refractivity contribution in [3.63, 3.8) is 0 Å². The molecule has 2 heteroatoms. The Morgan fingerprint density at radius 1 is 1.05 bits per heavy atom. The summed E-state index contributed by atoms with van der Waals surface area (Å²) in [7, 11) is 4.11. The smallest absolute Gasteiger partial charge is 0.0426 e. The van der Waals surface area contributed by atoms with Crippen molar-refractivity contribution in [1.82, 2.24) is 0 Å². The first kappa shape index (κ1) is 13.0. The SMILES string of the molecule is CNc1cccc(N(C)Cc2ccc3c(c2)CCC3)c1. The van der Waals surface area contributed by atoms with Crippen LogP contribution in [0.2, 0.25) is 0 Å². The number of fused-ring (bicyclic) bond motifs is 1. The molecule has 20 heavy (non-hydrogen) atoms. The van der Waals surface area contributed by atoms with E-state index < -0.39 is 0 Å². The predicted octanol–water partition coefficient (Wildman–Crippen LogP) is 3.85. The van der Waals surface area contributed by atoms with Crippen molar-refractivity contribution in [1.29, 1.82) is 0 Å². The van der Waals surface area contributed by atoms with Crippen molar-refractivity contribution in [3.8, 4) is 0 Å². The number of anilines is 2. The second-order valence-corrected chi connectivity index (χ2v) is 5.61. The van der Waals surface area contributed by atoms with Crippen LogP contribution in [0, 0.1) is 0 Å². The molecular weight excluding hydrogens is 244 g/mol. The van der Waals surface area contributed by atoms with Gasteiger partial charge in [-0.15, -0.1) is 0 Å². The van der Waals surface area contributed by atoms with Crippen LogP contribution >= 0.6 is 0 Å². The summed E-state index contributed by atoms with van der Waals surface area (Å²) >= 11 is 0. The van der Waals surface area contributed by atoms with Crippen LogP contribution in [0.3, 0.4) is 0 Å². The molecular formula is C18H22N2. The van der Waals surface area contributed by atoms with Crippen molar-refractivity contribution in [2.24, 2.45) is 0 Å². The van der Waals surface area contributed by atoms with E-state index in [0.717, 1.165) is 12.2 Å². The van der Waals surface area contributed by atoms with E-state index in [1.165, 1.54) is 30.5 Å². The summed E-state index contributed by atoms with van der Waals surface area (Å²) < 4.78 is 0. The number of rotatable bonds is 4. The van der Waals surface area contributed by atoms with Gasteiger partial charge in [-0.1, -0.05) is 24.3 Å². The molecule has 3 rings (SSSR count). The van der Waals surface area contributed by atoms with Crippen molar-refractivity contribution >= 4 is 11.4 Å². The van der Waals surface area contributed by atoms with Gasteiger partial charge in [0.15, 0.2) is 0 Å². The van der Waals surface area contributed by atoms with Gasteiger partial charge in [0, 0.05) is 32.0 Å². The summed E-state index contributed by atoms with van der Waals surface area (Å²) in [6.45, 7) is 0.959. The van der Waals surface area contributed by atoms with Crippen molar-refractivity contribution < 1.29 is 0 Å². The number of nitrogens with one attached hydrogen (secondary N) is 1. The van der Waals surface area contributed by atoms with Crippen LogP contribution in [0.25, 0.3) is 0 Å². The van der Waals surface area contributed by atoms with Gasteiger partial charge in [0.25, 0.3) is 0 Å². The molecule has 0 atom stereocenters. The lowest BCUT2D eigenvalue weighted by Gasteiger charge is -2.20. The van der Waals surface area contributed by atoms with Gasteiger partial charge in [0.1, 0.15) is 0 Å². The standard InChI is InChI=1S/C18H22N2/c1-19-17-7-4-8-18(12-17)20(2)13-14-9-10-15-5-3-6-16(15)11-14/h4,7-12,19H,3,5-6,13H2,1-2H3. The van der Waals surface area contributed by atoms with Crippen molar-refractivity contribution in [2.75, 3.05) is 24.3 Å². The fourth-order valence-electron chi connectivity index (χ4n) is 2.99. The third-order valence-corrected chi connectivity index (χ3v) is 4.16. The molecule has 0 saturated carbocycles. The van der Waals surface area contributed by atoms with E-state index in [9.17, 15) is 0 Å². The van der Waals surface area contributed by atoms with Gasteiger partial charge in [-0.2, -0.15) is 0 Å². The minimum absolute atomic E-state index is 0.959. The monoisotopic (exact) mass is 266 g/mol. The van der Waals surface area contributed by atoms with Crippen LogP contribution in [0.4, 0.5) is 11.4 Å². The minimum Gasteiger partial charge on any atom is -0.388 e. The first-order valence-corrected chi connectivity index (χ1v) is 7.36. The van der Waals surface area contributed by atoms with Gasteiger partial charge in [-0.25, -0.2) is 0 Å². The average molecular weight is 266 g/mol. The Morgan fingerprint density at radius 2 is 1.90 bits per heavy atom. The second-order valence-electron chi connectivity index (χ2n) is 5.61. The largest absolute Gasteiger partial charge is 0.388 e. The normalized spacial score (nSPS) is 13.1. The zero-order valence-electron chi connectivity index (χ0n) is 12.3. The van der Waals surface area contributed by atoms with Crippen LogP contribution in [-0.4, -0.2) is 14.1 Å². The zero-order valence-corrected chi connectivity index (χ0v) is 12.3. The first-order valence-electron chi connectivity index (χ1n) is 7.36. The molecule has 0 radical (unpaired) electrons. The molecule has 2 aromatic rings. The molecule has 0 aliphatic heterocycles. The van der Waals surface area contributed by atoms with E-state index in [1.807, 2.05) is 7.05 Å². The molecule has 2 aromatic carbocycles. The van der Waals surface area contributed by atoms with Gasteiger partial charge >= 0.3 is 0 Å². The topological polar surface area (TPSA) is 15.3 Å². The second kappa shape index (κ2) is 5.58. The molecule has 104 valence electrons. The van der Waals surface area contributed by atoms with Crippen LogP contribution in [0.15, 0.2) is 42.5 Å². The Bertz CT molecular complexity index is 604. The first-order chi connectivity index (χ1) is 9.76. The summed E-state index contributed by atoms with van der Waals surface area (Å²) in [5.74, 6) is 0. The molecule has 0 fully saturated rings.